The Morgan fingerprint density at radius 1 is 1.24 bits per heavy atom. The largest absolute Gasteiger partial charge is 0.502 e. The second kappa shape index (κ2) is 10.7. The average Bonchev–Trinajstić information content (AvgIpc) is 2.88. The number of benzene rings is 1. The predicted octanol–water partition coefficient (Wildman–Crippen LogP) is 2.83. The number of likely N-dealkylation sites (tertiary alicyclic amines) is 1. The van der Waals surface area contributed by atoms with Crippen LogP contribution in [0.15, 0.2) is 44.3 Å². The Kier molecular flexibility index (Phi) is 7.39. The first kappa shape index (κ1) is 25.5. The van der Waals surface area contributed by atoms with E-state index in [-0.39, 0.29) is 35.4 Å². The molecule has 3 aromatic rings. The number of carbonyl (C=O) groups is 1. The zero-order valence-corrected chi connectivity index (χ0v) is 21.7. The molecule has 3 N–H and O–H groups in total. The van der Waals surface area contributed by atoms with Crippen molar-refractivity contribution < 1.29 is 14.3 Å². The van der Waals surface area contributed by atoms with Crippen molar-refractivity contribution in [1.29, 1.82) is 0 Å². The summed E-state index contributed by atoms with van der Waals surface area (Å²) in [4.78, 5) is 47.5. The van der Waals surface area contributed by atoms with Gasteiger partial charge in [0.25, 0.3) is 5.56 Å². The number of carbonyl (C=O) groups excluding carboxylic acids is 1. The van der Waals surface area contributed by atoms with E-state index in [0.717, 1.165) is 37.4 Å². The number of hydrogen-bond donors (Lipinski definition) is 3. The third kappa shape index (κ3) is 5.60. The number of aryl methyl sites for hydroxylation is 1. The van der Waals surface area contributed by atoms with Crippen LogP contribution < -0.4 is 16.3 Å². The van der Waals surface area contributed by atoms with Crippen molar-refractivity contribution in [3.63, 3.8) is 0 Å². The number of nitrogens with zero attached hydrogens (tertiary/aromatic N) is 2. The predicted molar refractivity (Wildman–Crippen MR) is 143 cm³/mol. The summed E-state index contributed by atoms with van der Waals surface area (Å²) >= 11 is 1.81. The van der Waals surface area contributed by atoms with Gasteiger partial charge >= 0.3 is 0 Å². The first-order valence-electron chi connectivity index (χ1n) is 12.7. The number of piperidine rings is 1. The number of para-hydroxylation sites is 1. The molecule has 0 aliphatic carbocycles. The molecule has 196 valence electrons. The summed E-state index contributed by atoms with van der Waals surface area (Å²) in [5.74, 6) is 2.54. The zero-order valence-electron chi connectivity index (χ0n) is 20.9. The fraction of sp³-hybridized carbons (Fsp3) is 0.481. The van der Waals surface area contributed by atoms with Crippen molar-refractivity contribution in [2.45, 2.75) is 57.0 Å². The van der Waals surface area contributed by atoms with Crippen LogP contribution >= 0.6 is 11.8 Å². The van der Waals surface area contributed by atoms with Crippen LogP contribution in [0.2, 0.25) is 0 Å². The molecule has 37 heavy (non-hydrogen) atoms. The Hall–Kier alpha value is -3.11. The number of amides is 1. The van der Waals surface area contributed by atoms with Crippen LogP contribution in [0.3, 0.4) is 0 Å². The summed E-state index contributed by atoms with van der Waals surface area (Å²) in [6.45, 7) is 3.79. The highest BCUT2D eigenvalue weighted by molar-refractivity contribution is 7.99. The summed E-state index contributed by atoms with van der Waals surface area (Å²) in [5, 5.41) is 14.3. The lowest BCUT2D eigenvalue weighted by Crippen LogP contribution is -2.46. The van der Waals surface area contributed by atoms with E-state index >= 15 is 0 Å². The molecule has 1 amide bonds. The molecule has 0 bridgehead atoms. The molecule has 2 aromatic heterocycles. The normalized spacial score (nSPS) is 18.6. The van der Waals surface area contributed by atoms with E-state index in [0.29, 0.717) is 41.9 Å². The number of H-pyrrole nitrogens is 1. The van der Waals surface area contributed by atoms with Gasteiger partial charge in [-0.2, -0.15) is 11.8 Å². The smallest absolute Gasteiger partial charge is 0.258 e. The van der Waals surface area contributed by atoms with Gasteiger partial charge in [-0.25, -0.2) is 4.98 Å². The van der Waals surface area contributed by atoms with E-state index in [9.17, 15) is 19.5 Å². The van der Waals surface area contributed by atoms with E-state index in [1.54, 1.807) is 24.8 Å². The van der Waals surface area contributed by atoms with Crippen LogP contribution in [0.1, 0.15) is 49.4 Å². The molecule has 2 aliphatic heterocycles. The number of thioether (sulfide) groups is 1. The van der Waals surface area contributed by atoms with Crippen molar-refractivity contribution in [3.05, 3.63) is 68.3 Å². The monoisotopic (exact) mass is 524 g/mol. The molecule has 10 heteroatoms. The molecule has 0 radical (unpaired) electrons. The van der Waals surface area contributed by atoms with Gasteiger partial charge in [-0.05, 0) is 56.2 Å². The van der Waals surface area contributed by atoms with Crippen LogP contribution in [0, 0.1) is 6.92 Å². The number of rotatable bonds is 6. The van der Waals surface area contributed by atoms with E-state index in [1.807, 2.05) is 18.2 Å². The highest BCUT2D eigenvalue weighted by Crippen LogP contribution is 2.44. The van der Waals surface area contributed by atoms with E-state index < -0.39 is 10.8 Å². The van der Waals surface area contributed by atoms with Crippen LogP contribution in [-0.4, -0.2) is 56.5 Å². The van der Waals surface area contributed by atoms with E-state index in [1.165, 1.54) is 6.07 Å². The Labute approximate surface area is 218 Å². The van der Waals surface area contributed by atoms with Crippen molar-refractivity contribution in [2.75, 3.05) is 24.6 Å². The maximum Gasteiger partial charge on any atom is 0.258 e. The molecule has 4 heterocycles. The van der Waals surface area contributed by atoms with Crippen LogP contribution in [-0.2, 0) is 16.8 Å². The molecular weight excluding hydrogens is 492 g/mol. The molecule has 2 fully saturated rings. The lowest BCUT2D eigenvalue weighted by molar-refractivity contribution is -0.123. The quantitative estimate of drug-likeness (QED) is 0.449. The number of aromatic nitrogens is 2. The summed E-state index contributed by atoms with van der Waals surface area (Å²) in [6, 6.07) is 8.63. The summed E-state index contributed by atoms with van der Waals surface area (Å²) < 4.78 is 5.85. The van der Waals surface area contributed by atoms with Crippen molar-refractivity contribution >= 4 is 28.6 Å². The number of hydrogen-bond acceptors (Lipinski definition) is 8. The second-order valence-electron chi connectivity index (χ2n) is 10.1. The number of aromatic amines is 1. The van der Waals surface area contributed by atoms with Gasteiger partial charge in [-0.15, -0.1) is 0 Å². The third-order valence-corrected chi connectivity index (χ3v) is 8.45. The molecular formula is C27H32N4O5S. The first-order chi connectivity index (χ1) is 17.8. The Morgan fingerprint density at radius 2 is 1.97 bits per heavy atom. The lowest BCUT2D eigenvalue weighted by Gasteiger charge is -2.37. The SMILES string of the molecule is Cc1cc(=O)c(O)c(C2(CC(=O)NC3CCN(Cc4nc5ccccc5c(=O)[nH]4)CC3)CCSCC2)o1. The maximum absolute atomic E-state index is 13.2. The van der Waals surface area contributed by atoms with Crippen LogP contribution in [0.4, 0.5) is 0 Å². The first-order valence-corrected chi connectivity index (χ1v) is 13.9. The fourth-order valence-corrected chi connectivity index (χ4v) is 6.73. The van der Waals surface area contributed by atoms with Crippen LogP contribution in [0.25, 0.3) is 10.9 Å². The van der Waals surface area contributed by atoms with Gasteiger partial charge in [0.15, 0.2) is 5.76 Å². The highest BCUT2D eigenvalue weighted by Gasteiger charge is 2.42. The van der Waals surface area contributed by atoms with Crippen molar-refractivity contribution in [3.8, 4) is 5.75 Å². The zero-order chi connectivity index (χ0) is 26.0. The summed E-state index contributed by atoms with van der Waals surface area (Å²) in [6.07, 6.45) is 3.09. The minimum Gasteiger partial charge on any atom is -0.502 e. The van der Waals surface area contributed by atoms with Crippen molar-refractivity contribution in [1.82, 2.24) is 20.2 Å². The molecule has 9 nitrogen and oxygen atoms in total. The third-order valence-electron chi connectivity index (χ3n) is 7.46. The molecule has 0 atom stereocenters. The molecule has 0 unspecified atom stereocenters. The van der Waals surface area contributed by atoms with Gasteiger partial charge in [0.1, 0.15) is 11.6 Å². The lowest BCUT2D eigenvalue weighted by atomic mass is 9.75. The van der Waals surface area contributed by atoms with Gasteiger partial charge in [0.2, 0.25) is 17.1 Å². The number of nitrogens with one attached hydrogen (secondary N) is 2. The second-order valence-corrected chi connectivity index (χ2v) is 11.3. The molecule has 2 aliphatic rings. The summed E-state index contributed by atoms with van der Waals surface area (Å²) in [7, 11) is 0. The van der Waals surface area contributed by atoms with E-state index in [4.69, 9.17) is 4.42 Å². The maximum atomic E-state index is 13.2. The van der Waals surface area contributed by atoms with Gasteiger partial charge in [-0.3, -0.25) is 19.3 Å². The Bertz CT molecular complexity index is 1400. The molecule has 0 saturated carbocycles. The fourth-order valence-electron chi connectivity index (χ4n) is 5.45. The topological polar surface area (TPSA) is 129 Å². The molecule has 0 spiro atoms. The molecule has 5 rings (SSSR count). The molecule has 1 aromatic carbocycles. The number of aromatic hydroxyl groups is 1. The van der Waals surface area contributed by atoms with Gasteiger partial charge in [0, 0.05) is 37.0 Å². The summed E-state index contributed by atoms with van der Waals surface area (Å²) in [5.41, 5.74) is -0.590. The van der Waals surface area contributed by atoms with Gasteiger partial charge in [0.05, 0.1) is 17.4 Å². The van der Waals surface area contributed by atoms with Crippen LogP contribution in [0.5, 0.6) is 5.75 Å². The highest BCUT2D eigenvalue weighted by atomic mass is 32.2. The Balaban J connectivity index is 1.21. The standard InChI is InChI=1S/C27H32N4O5S/c1-17-14-21(32)24(34)25(36-17)27(8-12-37-13-9-27)15-23(33)28-18-6-10-31(11-7-18)16-22-29-20-5-3-2-4-19(20)26(35)30-22/h2-5,14,18,34H,6-13,15-16H2,1H3,(H,28,33)(H,29,30,35). The average molecular weight is 525 g/mol. The minimum absolute atomic E-state index is 0.0421. The number of fused-ring (bicyclic) bond motifs is 1. The van der Waals surface area contributed by atoms with E-state index in [2.05, 4.69) is 20.2 Å². The van der Waals surface area contributed by atoms with Crippen molar-refractivity contribution in [2.24, 2.45) is 0 Å². The molecule has 2 saturated heterocycles. The minimum atomic E-state index is -0.682. The van der Waals surface area contributed by atoms with Gasteiger partial charge < -0.3 is 19.8 Å². The Morgan fingerprint density at radius 3 is 2.73 bits per heavy atom. The van der Waals surface area contributed by atoms with Gasteiger partial charge in [-0.1, -0.05) is 12.1 Å².